The van der Waals surface area contributed by atoms with E-state index in [0.29, 0.717) is 28.8 Å². The molecule has 0 bridgehead atoms. The molecule has 2 heterocycles. The van der Waals surface area contributed by atoms with Crippen molar-refractivity contribution in [1.82, 2.24) is 19.9 Å². The summed E-state index contributed by atoms with van der Waals surface area (Å²) in [5.74, 6) is 0.440. The molecule has 0 atom stereocenters. The average Bonchev–Trinajstić information content (AvgIpc) is 3.15. The molecule has 0 spiro atoms. The van der Waals surface area contributed by atoms with Crippen LogP contribution in [0.1, 0.15) is 47.2 Å². The van der Waals surface area contributed by atoms with Crippen LogP contribution in [0.2, 0.25) is 0 Å². The van der Waals surface area contributed by atoms with Gasteiger partial charge in [0.05, 0.1) is 17.4 Å². The van der Waals surface area contributed by atoms with Crippen molar-refractivity contribution in [3.8, 4) is 0 Å². The molecule has 0 saturated heterocycles. The van der Waals surface area contributed by atoms with E-state index in [2.05, 4.69) is 15.0 Å². The highest BCUT2D eigenvalue weighted by atomic mass is 16.2. The maximum atomic E-state index is 13.3. The zero-order valence-electron chi connectivity index (χ0n) is 17.0. The van der Waals surface area contributed by atoms with Gasteiger partial charge in [-0.25, -0.2) is 4.98 Å². The van der Waals surface area contributed by atoms with Crippen LogP contribution in [0.25, 0.3) is 21.8 Å². The highest BCUT2D eigenvalue weighted by Gasteiger charge is 2.20. The first-order valence-electron chi connectivity index (χ1n) is 10.5. The maximum absolute atomic E-state index is 13.3. The normalized spacial score (nSPS) is 13.5. The van der Waals surface area contributed by atoms with Gasteiger partial charge in [0.15, 0.2) is 0 Å². The van der Waals surface area contributed by atoms with Crippen LogP contribution in [0.15, 0.2) is 47.3 Å². The van der Waals surface area contributed by atoms with E-state index in [1.807, 2.05) is 43.3 Å². The van der Waals surface area contributed by atoms with E-state index >= 15 is 0 Å². The lowest BCUT2D eigenvalue weighted by molar-refractivity contribution is 0.0748. The number of rotatable bonds is 4. The van der Waals surface area contributed by atoms with E-state index in [1.165, 1.54) is 24.1 Å². The van der Waals surface area contributed by atoms with Gasteiger partial charge in [-0.15, -0.1) is 0 Å². The summed E-state index contributed by atoms with van der Waals surface area (Å²) in [6.07, 6.45) is 4.55. The summed E-state index contributed by atoms with van der Waals surface area (Å²) in [6.45, 7) is 2.73. The van der Waals surface area contributed by atoms with E-state index in [4.69, 9.17) is 0 Å². The molecular formula is C24H24N4O2. The van der Waals surface area contributed by atoms with E-state index in [0.717, 1.165) is 23.7 Å². The Labute approximate surface area is 173 Å². The van der Waals surface area contributed by atoms with E-state index in [9.17, 15) is 9.59 Å². The standard InChI is InChI=1S/C24H24N4O2/c1-2-28(14-22-26-20-10-6-4-8-17(20)23(29)27-22)24(30)15-11-12-21-18(13-15)16-7-3-5-9-19(16)25-21/h4,6,8,10-13,25H,2-3,5,7,9,14H2,1H3,(H,26,27,29). The Bertz CT molecular complexity index is 1320. The number of nitrogens with zero attached hydrogens (tertiary/aromatic N) is 2. The van der Waals surface area contributed by atoms with Crippen molar-refractivity contribution in [1.29, 1.82) is 0 Å². The summed E-state index contributed by atoms with van der Waals surface area (Å²) in [4.78, 5) is 38.2. The number of hydrogen-bond donors (Lipinski definition) is 2. The quantitative estimate of drug-likeness (QED) is 0.544. The molecule has 0 aliphatic heterocycles. The molecule has 1 amide bonds. The highest BCUT2D eigenvalue weighted by molar-refractivity contribution is 5.99. The van der Waals surface area contributed by atoms with E-state index in [-0.39, 0.29) is 18.0 Å². The fraction of sp³-hybridized carbons (Fsp3) is 0.292. The summed E-state index contributed by atoms with van der Waals surface area (Å²) in [5, 5.41) is 1.71. The molecule has 6 heteroatoms. The molecule has 1 aliphatic rings. The molecule has 0 unspecified atom stereocenters. The van der Waals surface area contributed by atoms with Gasteiger partial charge < -0.3 is 14.9 Å². The first-order valence-corrected chi connectivity index (χ1v) is 10.5. The smallest absolute Gasteiger partial charge is 0.258 e. The van der Waals surface area contributed by atoms with Gasteiger partial charge in [0.1, 0.15) is 5.82 Å². The third kappa shape index (κ3) is 3.18. The van der Waals surface area contributed by atoms with Crippen LogP contribution in [-0.2, 0) is 19.4 Å². The zero-order valence-corrected chi connectivity index (χ0v) is 17.0. The van der Waals surface area contributed by atoms with Crippen LogP contribution in [0, 0.1) is 0 Å². The number of amides is 1. The third-order valence-electron chi connectivity index (χ3n) is 6.02. The van der Waals surface area contributed by atoms with Crippen molar-refractivity contribution < 1.29 is 4.79 Å². The molecule has 4 aromatic rings. The van der Waals surface area contributed by atoms with Crippen molar-refractivity contribution in [3.05, 3.63) is 75.5 Å². The zero-order chi connectivity index (χ0) is 20.7. The molecule has 152 valence electrons. The summed E-state index contributed by atoms with van der Waals surface area (Å²) in [7, 11) is 0. The number of aromatic amines is 2. The van der Waals surface area contributed by atoms with Gasteiger partial charge in [-0.05, 0) is 68.5 Å². The number of hydrogen-bond acceptors (Lipinski definition) is 3. The largest absolute Gasteiger partial charge is 0.358 e. The number of carbonyl (C=O) groups excluding carboxylic acids is 1. The second-order valence-corrected chi connectivity index (χ2v) is 7.90. The van der Waals surface area contributed by atoms with E-state index < -0.39 is 0 Å². The number of carbonyl (C=O) groups is 1. The van der Waals surface area contributed by atoms with Crippen molar-refractivity contribution in [2.75, 3.05) is 6.54 Å². The van der Waals surface area contributed by atoms with Crippen LogP contribution in [0.5, 0.6) is 0 Å². The average molecular weight is 400 g/mol. The van der Waals surface area contributed by atoms with Crippen molar-refractivity contribution >= 4 is 27.7 Å². The third-order valence-corrected chi connectivity index (χ3v) is 6.02. The number of H-pyrrole nitrogens is 2. The first kappa shape index (κ1) is 18.6. The monoisotopic (exact) mass is 400 g/mol. The minimum atomic E-state index is -0.181. The lowest BCUT2D eigenvalue weighted by Gasteiger charge is -2.20. The number of nitrogens with one attached hydrogen (secondary N) is 2. The van der Waals surface area contributed by atoms with Crippen molar-refractivity contribution in [3.63, 3.8) is 0 Å². The summed E-state index contributed by atoms with van der Waals surface area (Å²) >= 11 is 0. The molecule has 6 nitrogen and oxygen atoms in total. The Morgan fingerprint density at radius 1 is 1.07 bits per heavy atom. The summed E-state index contributed by atoms with van der Waals surface area (Å²) in [6, 6.07) is 13.1. The number of para-hydroxylation sites is 1. The Kier molecular flexibility index (Phi) is 4.62. The molecule has 2 aromatic carbocycles. The van der Waals surface area contributed by atoms with Gasteiger partial charge in [-0.3, -0.25) is 9.59 Å². The van der Waals surface area contributed by atoms with E-state index in [1.54, 1.807) is 11.0 Å². The molecule has 2 aromatic heterocycles. The molecule has 0 radical (unpaired) electrons. The van der Waals surface area contributed by atoms with Gasteiger partial charge >= 0.3 is 0 Å². The molecule has 2 N–H and O–H groups in total. The predicted octanol–water partition coefficient (Wildman–Crippen LogP) is 3.95. The molecular weight excluding hydrogens is 376 g/mol. The predicted molar refractivity (Wildman–Crippen MR) is 118 cm³/mol. The lowest BCUT2D eigenvalue weighted by Crippen LogP contribution is -2.32. The maximum Gasteiger partial charge on any atom is 0.258 e. The molecule has 0 fully saturated rings. The number of benzene rings is 2. The molecule has 30 heavy (non-hydrogen) atoms. The summed E-state index contributed by atoms with van der Waals surface area (Å²) < 4.78 is 0. The number of aromatic nitrogens is 3. The second kappa shape index (κ2) is 7.44. The molecule has 5 rings (SSSR count). The highest BCUT2D eigenvalue weighted by Crippen LogP contribution is 2.30. The minimum absolute atomic E-state index is 0.0547. The first-order chi connectivity index (χ1) is 14.6. The summed E-state index contributed by atoms with van der Waals surface area (Å²) in [5.41, 5.74) is 4.89. The van der Waals surface area contributed by atoms with Crippen LogP contribution in [0.3, 0.4) is 0 Å². The van der Waals surface area contributed by atoms with Crippen LogP contribution in [0.4, 0.5) is 0 Å². The lowest BCUT2D eigenvalue weighted by atomic mass is 9.95. The fourth-order valence-electron chi connectivity index (χ4n) is 4.44. The number of aryl methyl sites for hydroxylation is 2. The Morgan fingerprint density at radius 3 is 2.77 bits per heavy atom. The minimum Gasteiger partial charge on any atom is -0.358 e. The van der Waals surface area contributed by atoms with Gasteiger partial charge in [0, 0.05) is 28.7 Å². The van der Waals surface area contributed by atoms with Crippen LogP contribution < -0.4 is 5.56 Å². The SMILES string of the molecule is CCN(Cc1nc2ccccc2c(=O)[nH]1)C(=O)c1ccc2[nH]c3c(c2c1)CCCC3. The second-order valence-electron chi connectivity index (χ2n) is 7.90. The van der Waals surface area contributed by atoms with Crippen LogP contribution >= 0.6 is 0 Å². The Balaban J connectivity index is 1.46. The number of fused-ring (bicyclic) bond motifs is 4. The van der Waals surface area contributed by atoms with Gasteiger partial charge in [0.25, 0.3) is 11.5 Å². The van der Waals surface area contributed by atoms with Gasteiger partial charge in [0.2, 0.25) is 0 Å². The Morgan fingerprint density at radius 2 is 1.90 bits per heavy atom. The van der Waals surface area contributed by atoms with Crippen molar-refractivity contribution in [2.45, 2.75) is 39.2 Å². The van der Waals surface area contributed by atoms with Crippen molar-refractivity contribution in [2.24, 2.45) is 0 Å². The molecule has 0 saturated carbocycles. The van der Waals surface area contributed by atoms with Gasteiger partial charge in [-0.1, -0.05) is 12.1 Å². The Hall–Kier alpha value is -3.41. The fourth-order valence-corrected chi connectivity index (χ4v) is 4.44. The topological polar surface area (TPSA) is 81.8 Å². The van der Waals surface area contributed by atoms with Crippen LogP contribution in [-0.4, -0.2) is 32.3 Å². The van der Waals surface area contributed by atoms with Gasteiger partial charge in [-0.2, -0.15) is 0 Å². The molecule has 1 aliphatic carbocycles.